The van der Waals surface area contributed by atoms with E-state index >= 15 is 0 Å². The van der Waals surface area contributed by atoms with Gasteiger partial charge < -0.3 is 9.84 Å². The van der Waals surface area contributed by atoms with Crippen LogP contribution in [0.25, 0.3) is 0 Å². The normalized spacial score (nSPS) is 35.6. The molecule has 0 aromatic heterocycles. The van der Waals surface area contributed by atoms with Gasteiger partial charge in [0.05, 0.1) is 5.60 Å². The Balaban J connectivity index is 2.44. The molecule has 1 heterocycles. The summed E-state index contributed by atoms with van der Waals surface area (Å²) in [4.78, 5) is 0. The third-order valence-corrected chi connectivity index (χ3v) is 1.45. The zero-order valence-electron chi connectivity index (χ0n) is 5.35. The highest BCUT2D eigenvalue weighted by atomic mass is 16.6. The molecule has 1 unspecified atom stereocenters. The fourth-order valence-corrected chi connectivity index (χ4v) is 0.957. The molecule has 1 saturated heterocycles. The first-order valence-corrected chi connectivity index (χ1v) is 2.96. The molecule has 1 aliphatic rings. The van der Waals surface area contributed by atoms with Crippen LogP contribution in [0.5, 0.6) is 0 Å². The summed E-state index contributed by atoms with van der Waals surface area (Å²) in [6.07, 6.45) is 1.24. The predicted octanol–water partition coefficient (Wildman–Crippen LogP) is 0.894. The zero-order chi connectivity index (χ0) is 6.20. The molecule has 1 rings (SSSR count). The van der Waals surface area contributed by atoms with Crippen molar-refractivity contribution >= 4 is 0 Å². The fourth-order valence-electron chi connectivity index (χ4n) is 0.957. The van der Waals surface area contributed by atoms with Crippen molar-refractivity contribution in [3.63, 3.8) is 0 Å². The average Bonchev–Trinajstić information content (AvgIpc) is 1.82. The molecule has 0 aromatic rings. The summed E-state index contributed by atoms with van der Waals surface area (Å²) < 4.78 is 5.10. The Morgan fingerprint density at radius 1 is 1.62 bits per heavy atom. The van der Waals surface area contributed by atoms with Gasteiger partial charge in [0.2, 0.25) is 0 Å². The largest absolute Gasteiger partial charge is 0.368 e. The van der Waals surface area contributed by atoms with Crippen LogP contribution >= 0.6 is 0 Å². The quantitative estimate of drug-likeness (QED) is 0.509. The van der Waals surface area contributed by atoms with Crippen molar-refractivity contribution in [1.82, 2.24) is 0 Å². The van der Waals surface area contributed by atoms with Crippen molar-refractivity contribution in [3.05, 3.63) is 0 Å². The predicted molar refractivity (Wildman–Crippen MR) is 30.4 cm³/mol. The molecule has 1 aliphatic heterocycles. The number of hydrogen-bond donors (Lipinski definition) is 1. The van der Waals surface area contributed by atoms with E-state index in [9.17, 15) is 0 Å². The van der Waals surface area contributed by atoms with Crippen molar-refractivity contribution in [2.75, 3.05) is 0 Å². The molecule has 0 radical (unpaired) electrons. The molecule has 1 fully saturated rings. The van der Waals surface area contributed by atoms with E-state index in [4.69, 9.17) is 9.84 Å². The molecule has 0 spiro atoms. The first-order chi connectivity index (χ1) is 3.60. The Kier molecular flexibility index (Phi) is 1.29. The second kappa shape index (κ2) is 1.71. The van der Waals surface area contributed by atoms with Gasteiger partial charge in [-0.1, -0.05) is 0 Å². The number of hydrogen-bond acceptors (Lipinski definition) is 2. The summed E-state index contributed by atoms with van der Waals surface area (Å²) in [6.45, 7) is 3.98. The fraction of sp³-hybridized carbons (Fsp3) is 1.00. The lowest BCUT2D eigenvalue weighted by Crippen LogP contribution is -2.19. The third kappa shape index (κ3) is 1.20. The van der Waals surface area contributed by atoms with Gasteiger partial charge in [0.25, 0.3) is 0 Å². The highest BCUT2D eigenvalue weighted by molar-refractivity contribution is 4.75. The summed E-state index contributed by atoms with van der Waals surface area (Å²) in [5.74, 6) is 0. The monoisotopic (exact) mass is 116 g/mol. The molecule has 0 saturated carbocycles. The number of aliphatic hydroxyl groups is 1. The Morgan fingerprint density at radius 3 is 2.38 bits per heavy atom. The van der Waals surface area contributed by atoms with Crippen molar-refractivity contribution < 1.29 is 9.84 Å². The SMILES string of the molecule is CC1(C)CCC(O)O1. The van der Waals surface area contributed by atoms with Gasteiger partial charge in [-0.05, 0) is 20.3 Å². The van der Waals surface area contributed by atoms with Crippen LogP contribution in [0.4, 0.5) is 0 Å². The van der Waals surface area contributed by atoms with E-state index < -0.39 is 6.29 Å². The Bertz CT molecular complexity index is 88.5. The molecular weight excluding hydrogens is 104 g/mol. The summed E-state index contributed by atoms with van der Waals surface area (Å²) in [7, 11) is 0. The maximum atomic E-state index is 8.84. The molecule has 0 bridgehead atoms. The minimum Gasteiger partial charge on any atom is -0.368 e. The lowest BCUT2D eigenvalue weighted by atomic mass is 10.1. The smallest absolute Gasteiger partial charge is 0.155 e. The minimum atomic E-state index is -0.509. The Morgan fingerprint density at radius 2 is 2.25 bits per heavy atom. The molecule has 0 aliphatic carbocycles. The topological polar surface area (TPSA) is 29.5 Å². The van der Waals surface area contributed by atoms with Gasteiger partial charge >= 0.3 is 0 Å². The van der Waals surface area contributed by atoms with Crippen LogP contribution < -0.4 is 0 Å². The van der Waals surface area contributed by atoms with Crippen LogP contribution in [0.15, 0.2) is 0 Å². The third-order valence-electron chi connectivity index (χ3n) is 1.45. The molecule has 0 amide bonds. The van der Waals surface area contributed by atoms with E-state index in [0.717, 1.165) is 12.8 Å². The number of rotatable bonds is 0. The summed E-state index contributed by atoms with van der Waals surface area (Å²) in [5.41, 5.74) is -0.0839. The van der Waals surface area contributed by atoms with Gasteiger partial charge in [0, 0.05) is 6.42 Å². The summed E-state index contributed by atoms with van der Waals surface area (Å²) >= 11 is 0. The van der Waals surface area contributed by atoms with Crippen LogP contribution in [0.2, 0.25) is 0 Å². The lowest BCUT2D eigenvalue weighted by molar-refractivity contribution is -0.122. The minimum absolute atomic E-state index is 0.0839. The lowest BCUT2D eigenvalue weighted by Gasteiger charge is -2.15. The highest BCUT2D eigenvalue weighted by Crippen LogP contribution is 2.27. The van der Waals surface area contributed by atoms with Crippen LogP contribution in [-0.2, 0) is 4.74 Å². The van der Waals surface area contributed by atoms with Gasteiger partial charge in [-0.3, -0.25) is 0 Å². The highest BCUT2D eigenvalue weighted by Gasteiger charge is 2.29. The summed E-state index contributed by atoms with van der Waals surface area (Å²) in [6, 6.07) is 0. The molecule has 1 atom stereocenters. The molecule has 0 aromatic carbocycles. The van der Waals surface area contributed by atoms with Gasteiger partial charge in [0.1, 0.15) is 0 Å². The second-order valence-corrected chi connectivity index (χ2v) is 2.87. The molecule has 1 N–H and O–H groups in total. The van der Waals surface area contributed by atoms with E-state index in [0.29, 0.717) is 0 Å². The van der Waals surface area contributed by atoms with E-state index in [1.165, 1.54) is 0 Å². The summed E-state index contributed by atoms with van der Waals surface area (Å²) in [5, 5.41) is 8.84. The second-order valence-electron chi connectivity index (χ2n) is 2.87. The van der Waals surface area contributed by atoms with E-state index in [1.54, 1.807) is 0 Å². The first kappa shape index (κ1) is 6.05. The Labute approximate surface area is 49.5 Å². The van der Waals surface area contributed by atoms with Gasteiger partial charge in [0.15, 0.2) is 6.29 Å². The maximum absolute atomic E-state index is 8.84. The van der Waals surface area contributed by atoms with Crippen LogP contribution in [0.1, 0.15) is 26.7 Å². The molecular formula is C6H12O2. The molecule has 48 valence electrons. The Hall–Kier alpha value is -0.0800. The van der Waals surface area contributed by atoms with Crippen LogP contribution in [0.3, 0.4) is 0 Å². The number of ether oxygens (including phenoxy) is 1. The van der Waals surface area contributed by atoms with Crippen molar-refractivity contribution in [1.29, 1.82) is 0 Å². The van der Waals surface area contributed by atoms with Gasteiger partial charge in [-0.25, -0.2) is 0 Å². The molecule has 8 heavy (non-hydrogen) atoms. The van der Waals surface area contributed by atoms with Crippen molar-refractivity contribution in [3.8, 4) is 0 Å². The van der Waals surface area contributed by atoms with Crippen molar-refractivity contribution in [2.45, 2.75) is 38.6 Å². The van der Waals surface area contributed by atoms with E-state index in [2.05, 4.69) is 0 Å². The van der Waals surface area contributed by atoms with Gasteiger partial charge in [-0.2, -0.15) is 0 Å². The average molecular weight is 116 g/mol. The first-order valence-electron chi connectivity index (χ1n) is 2.96. The maximum Gasteiger partial charge on any atom is 0.155 e. The van der Waals surface area contributed by atoms with Crippen LogP contribution in [-0.4, -0.2) is 17.0 Å². The van der Waals surface area contributed by atoms with E-state index in [1.807, 2.05) is 13.8 Å². The zero-order valence-corrected chi connectivity index (χ0v) is 5.35. The van der Waals surface area contributed by atoms with Crippen molar-refractivity contribution in [2.24, 2.45) is 0 Å². The molecule has 2 nitrogen and oxygen atoms in total. The standard InChI is InChI=1S/C6H12O2/c1-6(2)4-3-5(7)8-6/h5,7H,3-4H2,1-2H3. The molecule has 2 heteroatoms. The number of aliphatic hydroxyl groups excluding tert-OH is 1. The van der Waals surface area contributed by atoms with E-state index in [-0.39, 0.29) is 5.60 Å². The van der Waals surface area contributed by atoms with Gasteiger partial charge in [-0.15, -0.1) is 0 Å². The van der Waals surface area contributed by atoms with Crippen LogP contribution in [0, 0.1) is 0 Å².